The predicted molar refractivity (Wildman–Crippen MR) is 110 cm³/mol. The molecule has 3 rings (SSSR count). The Kier molecular flexibility index (Phi) is 5.68. The first-order valence-corrected chi connectivity index (χ1v) is 8.99. The highest BCUT2D eigenvalue weighted by atomic mass is 16.5. The van der Waals surface area contributed by atoms with Gasteiger partial charge in [0.15, 0.2) is 0 Å². The number of aryl methyl sites for hydroxylation is 1. The molecular formula is C22H24N2O4. The Balaban J connectivity index is 2.40. The first-order valence-electron chi connectivity index (χ1n) is 8.99. The summed E-state index contributed by atoms with van der Waals surface area (Å²) in [5, 5.41) is 13.8. The lowest BCUT2D eigenvalue weighted by molar-refractivity contribution is 0.318. The van der Waals surface area contributed by atoms with Crippen LogP contribution in [0.2, 0.25) is 0 Å². The van der Waals surface area contributed by atoms with Crippen LogP contribution in [0.25, 0.3) is 22.0 Å². The van der Waals surface area contributed by atoms with Gasteiger partial charge in [-0.1, -0.05) is 30.3 Å². The summed E-state index contributed by atoms with van der Waals surface area (Å²) in [5.41, 5.74) is 4.75. The van der Waals surface area contributed by atoms with Crippen molar-refractivity contribution in [1.29, 1.82) is 0 Å². The molecule has 0 bridgehead atoms. The first-order chi connectivity index (χ1) is 13.6. The number of ether oxygens (including phenoxy) is 3. The van der Waals surface area contributed by atoms with Gasteiger partial charge in [0, 0.05) is 34.3 Å². The molecule has 0 amide bonds. The summed E-state index contributed by atoms with van der Waals surface area (Å²) in [6, 6.07) is 11.5. The van der Waals surface area contributed by atoms with Crippen LogP contribution in [0.3, 0.4) is 0 Å². The Hall–Kier alpha value is -3.28. The van der Waals surface area contributed by atoms with Crippen LogP contribution in [0.15, 0.2) is 41.6 Å². The van der Waals surface area contributed by atoms with Gasteiger partial charge >= 0.3 is 0 Å². The molecule has 0 spiro atoms. The number of pyridine rings is 1. The van der Waals surface area contributed by atoms with E-state index in [9.17, 15) is 5.21 Å². The average Bonchev–Trinajstić information content (AvgIpc) is 2.73. The second kappa shape index (κ2) is 8.17. The zero-order valence-corrected chi connectivity index (χ0v) is 16.7. The molecule has 28 heavy (non-hydrogen) atoms. The summed E-state index contributed by atoms with van der Waals surface area (Å²) < 4.78 is 16.6. The van der Waals surface area contributed by atoms with Crippen LogP contribution >= 0.6 is 0 Å². The van der Waals surface area contributed by atoms with Gasteiger partial charge < -0.3 is 19.4 Å². The second-order valence-corrected chi connectivity index (χ2v) is 6.32. The van der Waals surface area contributed by atoms with Gasteiger partial charge in [0.2, 0.25) is 0 Å². The minimum Gasteiger partial charge on any atom is -0.496 e. The number of fused-ring (bicyclic) bond motifs is 1. The molecule has 0 aliphatic heterocycles. The first kappa shape index (κ1) is 19.5. The summed E-state index contributed by atoms with van der Waals surface area (Å²) in [4.78, 5) is 4.78. The summed E-state index contributed by atoms with van der Waals surface area (Å²) in [5.74, 6) is 1.89. The molecule has 0 saturated heterocycles. The number of hydrogen-bond donors (Lipinski definition) is 1. The van der Waals surface area contributed by atoms with Crippen molar-refractivity contribution in [1.82, 2.24) is 4.98 Å². The van der Waals surface area contributed by atoms with Crippen LogP contribution in [-0.2, 0) is 0 Å². The molecule has 6 heteroatoms. The number of methoxy groups -OCH3 is 3. The van der Waals surface area contributed by atoms with Crippen LogP contribution in [-0.4, -0.2) is 37.2 Å². The maximum atomic E-state index is 9.45. The van der Waals surface area contributed by atoms with Gasteiger partial charge in [0.05, 0.1) is 38.1 Å². The Bertz CT molecular complexity index is 1020. The topological polar surface area (TPSA) is 73.2 Å². The molecule has 6 nitrogen and oxygen atoms in total. The highest BCUT2D eigenvalue weighted by Gasteiger charge is 2.20. The Morgan fingerprint density at radius 3 is 2.25 bits per heavy atom. The van der Waals surface area contributed by atoms with Crippen molar-refractivity contribution in [2.45, 2.75) is 20.3 Å². The molecule has 1 aromatic heterocycles. The minimum atomic E-state index is 0.606. The molecule has 1 N–H and O–H groups in total. The molecule has 146 valence electrons. The smallest absolute Gasteiger partial charge is 0.134 e. The van der Waals surface area contributed by atoms with E-state index in [0.717, 1.165) is 33.3 Å². The van der Waals surface area contributed by atoms with Crippen molar-refractivity contribution < 1.29 is 19.4 Å². The van der Waals surface area contributed by atoms with E-state index < -0.39 is 0 Å². The number of oxime groups is 1. The largest absolute Gasteiger partial charge is 0.496 e. The van der Waals surface area contributed by atoms with Gasteiger partial charge in [-0.2, -0.15) is 0 Å². The number of hydrogen-bond acceptors (Lipinski definition) is 6. The van der Waals surface area contributed by atoms with Gasteiger partial charge in [0.1, 0.15) is 17.2 Å². The molecular weight excluding hydrogens is 356 g/mol. The molecule has 0 saturated carbocycles. The predicted octanol–water partition coefficient (Wildman–Crippen LogP) is 4.82. The Labute approximate surface area is 164 Å². The van der Waals surface area contributed by atoms with E-state index in [1.54, 1.807) is 21.3 Å². The highest BCUT2D eigenvalue weighted by molar-refractivity contribution is 6.12. The Morgan fingerprint density at radius 2 is 1.71 bits per heavy atom. The lowest BCUT2D eigenvalue weighted by atomic mass is 9.95. The third kappa shape index (κ3) is 3.33. The zero-order chi connectivity index (χ0) is 20.3. The fraction of sp³-hybridized carbons (Fsp3) is 0.273. The molecule has 0 aliphatic carbocycles. The van der Waals surface area contributed by atoms with E-state index >= 15 is 0 Å². The van der Waals surface area contributed by atoms with Gasteiger partial charge in [-0.05, 0) is 19.4 Å². The Morgan fingerprint density at radius 1 is 1.04 bits per heavy atom. The molecule has 3 aromatic rings. The van der Waals surface area contributed by atoms with Crippen LogP contribution < -0.4 is 14.2 Å². The van der Waals surface area contributed by atoms with Crippen molar-refractivity contribution in [3.05, 3.63) is 47.7 Å². The molecule has 0 unspecified atom stereocenters. The lowest BCUT2D eigenvalue weighted by Gasteiger charge is -2.17. The van der Waals surface area contributed by atoms with Gasteiger partial charge in [0.25, 0.3) is 0 Å². The number of benzene rings is 2. The maximum Gasteiger partial charge on any atom is 0.134 e. The lowest BCUT2D eigenvalue weighted by Crippen LogP contribution is -2.03. The van der Waals surface area contributed by atoms with E-state index in [4.69, 9.17) is 19.2 Å². The normalized spacial score (nSPS) is 11.5. The summed E-state index contributed by atoms with van der Waals surface area (Å²) in [6.45, 7) is 3.88. The number of rotatable bonds is 6. The van der Waals surface area contributed by atoms with E-state index in [1.807, 2.05) is 50.2 Å². The van der Waals surface area contributed by atoms with E-state index in [2.05, 4.69) is 5.16 Å². The van der Waals surface area contributed by atoms with E-state index in [0.29, 0.717) is 29.4 Å². The summed E-state index contributed by atoms with van der Waals surface area (Å²) in [6.07, 6.45) is 0.606. The highest BCUT2D eigenvalue weighted by Crippen LogP contribution is 2.44. The van der Waals surface area contributed by atoms with E-state index in [-0.39, 0.29) is 0 Å². The zero-order valence-electron chi connectivity index (χ0n) is 16.7. The van der Waals surface area contributed by atoms with Crippen LogP contribution in [0, 0.1) is 6.92 Å². The number of nitrogens with zero attached hydrogens (tertiary/aromatic N) is 2. The van der Waals surface area contributed by atoms with Crippen molar-refractivity contribution in [2.24, 2.45) is 5.16 Å². The number of aromatic nitrogens is 1. The van der Waals surface area contributed by atoms with Gasteiger partial charge in [-0.3, -0.25) is 4.98 Å². The molecule has 0 radical (unpaired) electrons. The standard InChI is InChI=1S/C22H24N2O4/c1-6-18(24-25)17-10-13(2)23-22-15(17)8-7-9-16(22)21-19(27-4)11-14(26-3)12-20(21)28-5/h7-12,25H,6H2,1-5H3/b24-18+. The monoisotopic (exact) mass is 380 g/mol. The minimum absolute atomic E-state index is 0.606. The van der Waals surface area contributed by atoms with Gasteiger partial charge in [-0.25, -0.2) is 0 Å². The van der Waals surface area contributed by atoms with E-state index in [1.165, 1.54) is 0 Å². The third-order valence-corrected chi connectivity index (χ3v) is 4.72. The average molecular weight is 380 g/mol. The molecule has 0 aliphatic rings. The van der Waals surface area contributed by atoms with Gasteiger partial charge in [-0.15, -0.1) is 0 Å². The summed E-state index contributed by atoms with van der Waals surface area (Å²) in [7, 11) is 4.82. The molecule has 2 aromatic carbocycles. The quantitative estimate of drug-likeness (QED) is 0.377. The van der Waals surface area contributed by atoms with Crippen LogP contribution in [0.1, 0.15) is 24.6 Å². The van der Waals surface area contributed by atoms with Crippen molar-refractivity contribution >= 4 is 16.6 Å². The van der Waals surface area contributed by atoms with Crippen molar-refractivity contribution in [3.8, 4) is 28.4 Å². The fourth-order valence-corrected chi connectivity index (χ4v) is 3.40. The molecule has 0 fully saturated rings. The fourth-order valence-electron chi connectivity index (χ4n) is 3.40. The van der Waals surface area contributed by atoms with Crippen LogP contribution in [0.4, 0.5) is 0 Å². The summed E-state index contributed by atoms with van der Waals surface area (Å²) >= 11 is 0. The van der Waals surface area contributed by atoms with Crippen molar-refractivity contribution in [2.75, 3.05) is 21.3 Å². The molecule has 0 atom stereocenters. The number of para-hydroxylation sites is 1. The van der Waals surface area contributed by atoms with Crippen molar-refractivity contribution in [3.63, 3.8) is 0 Å². The third-order valence-electron chi connectivity index (χ3n) is 4.72. The maximum absolute atomic E-state index is 9.45. The molecule has 1 heterocycles. The van der Waals surface area contributed by atoms with Crippen LogP contribution in [0.5, 0.6) is 17.2 Å². The second-order valence-electron chi connectivity index (χ2n) is 6.32. The SMILES string of the molecule is CC/C(=N\O)c1cc(C)nc2c(-c3c(OC)cc(OC)cc3OC)cccc12.